The van der Waals surface area contributed by atoms with E-state index in [-0.39, 0.29) is 37.5 Å². The molecule has 0 aromatic carbocycles. The molecule has 1 atom stereocenters. The van der Waals surface area contributed by atoms with Crippen LogP contribution in [-0.4, -0.2) is 37.2 Å². The summed E-state index contributed by atoms with van der Waals surface area (Å²) in [6, 6.07) is 0. The standard InChI is InChI=1S/C71H120O6/c1-4-7-10-13-16-19-22-25-27-29-31-32-33-34-35-36-37-38-40-41-43-46-49-52-55-58-61-64-70(73)76-67-68(66-75-69(72)63-60-57-54-51-48-45-24-21-18-15-12-9-6-3)77-71(74)65-62-59-56-53-50-47-44-42-39-30-28-26-23-20-17-14-11-8-5-2/h8-9,11-12,17-18,20-21,26,28-29,31,39,42,45,48,54,57,68H,4-7,10,13-16,19,22-25,27,30,32-38,40-41,43-44,46-47,49-53,55-56,58-67H2,1-3H3/b11-8-,12-9-,20-17-,21-18-,28-26-,31-29-,42-39-,48-45-,57-54-. The van der Waals surface area contributed by atoms with E-state index in [4.69, 9.17) is 14.2 Å². The molecule has 0 fully saturated rings. The summed E-state index contributed by atoms with van der Waals surface area (Å²) < 4.78 is 16.8. The Morgan fingerprint density at radius 1 is 0.273 bits per heavy atom. The number of carbonyl (C=O) groups excluding carboxylic acids is 3. The Morgan fingerprint density at radius 2 is 0.532 bits per heavy atom. The van der Waals surface area contributed by atoms with Crippen molar-refractivity contribution in [3.05, 3.63) is 109 Å². The minimum absolute atomic E-state index is 0.106. The highest BCUT2D eigenvalue weighted by Gasteiger charge is 2.19. The quantitative estimate of drug-likeness (QED) is 0.0261. The lowest BCUT2D eigenvalue weighted by atomic mass is 10.0. The Bertz CT molecular complexity index is 1560. The molecule has 0 saturated carbocycles. The van der Waals surface area contributed by atoms with Crippen LogP contribution in [-0.2, 0) is 28.6 Å². The molecular weight excluding hydrogens is 949 g/mol. The van der Waals surface area contributed by atoms with Crippen LogP contribution < -0.4 is 0 Å². The monoisotopic (exact) mass is 1070 g/mol. The minimum atomic E-state index is -0.817. The molecule has 0 radical (unpaired) electrons. The Kier molecular flexibility index (Phi) is 61.3. The lowest BCUT2D eigenvalue weighted by molar-refractivity contribution is -0.166. The van der Waals surface area contributed by atoms with Gasteiger partial charge in [0.05, 0.1) is 0 Å². The molecular formula is C71H120O6. The van der Waals surface area contributed by atoms with E-state index in [9.17, 15) is 14.4 Å². The summed E-state index contributed by atoms with van der Waals surface area (Å²) in [5, 5.41) is 0. The van der Waals surface area contributed by atoms with Gasteiger partial charge in [-0.3, -0.25) is 14.4 Å². The number of esters is 3. The molecule has 6 heteroatoms. The van der Waals surface area contributed by atoms with Gasteiger partial charge in [0.25, 0.3) is 0 Å². The van der Waals surface area contributed by atoms with Gasteiger partial charge < -0.3 is 14.2 Å². The third-order valence-electron chi connectivity index (χ3n) is 13.8. The first-order valence-electron chi connectivity index (χ1n) is 32.4. The molecule has 0 aliphatic carbocycles. The van der Waals surface area contributed by atoms with Gasteiger partial charge in [-0.15, -0.1) is 0 Å². The summed E-state index contributed by atoms with van der Waals surface area (Å²) >= 11 is 0. The highest BCUT2D eigenvalue weighted by atomic mass is 16.6. The number of ether oxygens (including phenoxy) is 3. The van der Waals surface area contributed by atoms with Crippen LogP contribution in [0, 0.1) is 0 Å². The fourth-order valence-electron chi connectivity index (χ4n) is 8.97. The van der Waals surface area contributed by atoms with Gasteiger partial charge in [0, 0.05) is 19.3 Å². The fraction of sp³-hybridized carbons (Fsp3) is 0.704. The van der Waals surface area contributed by atoms with Gasteiger partial charge in [0.1, 0.15) is 13.2 Å². The molecule has 0 saturated heterocycles. The molecule has 0 rings (SSSR count). The van der Waals surface area contributed by atoms with Gasteiger partial charge >= 0.3 is 17.9 Å². The van der Waals surface area contributed by atoms with E-state index < -0.39 is 6.10 Å². The smallest absolute Gasteiger partial charge is 0.306 e. The zero-order chi connectivity index (χ0) is 55.7. The minimum Gasteiger partial charge on any atom is -0.462 e. The van der Waals surface area contributed by atoms with E-state index in [0.29, 0.717) is 19.3 Å². The van der Waals surface area contributed by atoms with Gasteiger partial charge in [-0.1, -0.05) is 284 Å². The van der Waals surface area contributed by atoms with Crippen molar-refractivity contribution in [3.8, 4) is 0 Å². The second kappa shape index (κ2) is 64.6. The molecule has 0 aliphatic heterocycles. The van der Waals surface area contributed by atoms with Crippen molar-refractivity contribution in [3.63, 3.8) is 0 Å². The summed E-state index contributed by atoms with van der Waals surface area (Å²) in [5.74, 6) is -0.999. The van der Waals surface area contributed by atoms with Crippen molar-refractivity contribution in [2.75, 3.05) is 13.2 Å². The summed E-state index contributed by atoms with van der Waals surface area (Å²) in [4.78, 5) is 38.2. The topological polar surface area (TPSA) is 78.9 Å². The first-order valence-corrected chi connectivity index (χ1v) is 32.4. The van der Waals surface area contributed by atoms with Gasteiger partial charge in [0.15, 0.2) is 6.10 Å². The molecule has 0 aromatic rings. The van der Waals surface area contributed by atoms with Crippen LogP contribution in [0.4, 0.5) is 0 Å². The zero-order valence-electron chi connectivity index (χ0n) is 50.4. The lowest BCUT2D eigenvalue weighted by Crippen LogP contribution is -2.30. The number of unbranched alkanes of at least 4 members (excludes halogenated alkanes) is 29. The van der Waals surface area contributed by atoms with Crippen molar-refractivity contribution in [1.82, 2.24) is 0 Å². The van der Waals surface area contributed by atoms with Crippen LogP contribution in [0.1, 0.15) is 303 Å². The van der Waals surface area contributed by atoms with Crippen LogP contribution in [0.3, 0.4) is 0 Å². The molecule has 0 N–H and O–H groups in total. The van der Waals surface area contributed by atoms with E-state index in [2.05, 4.69) is 124 Å². The zero-order valence-corrected chi connectivity index (χ0v) is 50.4. The molecule has 440 valence electrons. The Morgan fingerprint density at radius 3 is 0.883 bits per heavy atom. The largest absolute Gasteiger partial charge is 0.462 e. The maximum absolute atomic E-state index is 12.9. The summed E-state index contributed by atoms with van der Waals surface area (Å²) in [5.41, 5.74) is 0. The molecule has 77 heavy (non-hydrogen) atoms. The molecule has 0 bridgehead atoms. The number of allylic oxidation sites excluding steroid dienone is 18. The number of carbonyl (C=O) groups is 3. The Hall–Kier alpha value is -3.93. The maximum atomic E-state index is 12.9. The van der Waals surface area contributed by atoms with E-state index in [1.807, 2.05) is 6.08 Å². The summed E-state index contributed by atoms with van der Waals surface area (Å²) in [6.07, 6.45) is 88.4. The van der Waals surface area contributed by atoms with Crippen LogP contribution in [0.2, 0.25) is 0 Å². The third kappa shape index (κ3) is 62.8. The van der Waals surface area contributed by atoms with E-state index >= 15 is 0 Å². The molecule has 0 amide bonds. The average molecular weight is 1070 g/mol. The van der Waals surface area contributed by atoms with E-state index in [0.717, 1.165) is 103 Å². The fourth-order valence-corrected chi connectivity index (χ4v) is 8.97. The van der Waals surface area contributed by atoms with Crippen LogP contribution >= 0.6 is 0 Å². The van der Waals surface area contributed by atoms with Crippen molar-refractivity contribution < 1.29 is 28.6 Å². The van der Waals surface area contributed by atoms with E-state index in [1.165, 1.54) is 154 Å². The molecule has 6 nitrogen and oxygen atoms in total. The average Bonchev–Trinajstić information content (AvgIpc) is 3.43. The first kappa shape index (κ1) is 73.1. The predicted molar refractivity (Wildman–Crippen MR) is 334 cm³/mol. The number of hydrogen-bond donors (Lipinski definition) is 0. The predicted octanol–water partition coefficient (Wildman–Crippen LogP) is 22.2. The highest BCUT2D eigenvalue weighted by molar-refractivity contribution is 5.71. The van der Waals surface area contributed by atoms with Crippen molar-refractivity contribution >= 4 is 17.9 Å². The third-order valence-corrected chi connectivity index (χ3v) is 13.8. The number of rotatable bonds is 58. The second-order valence-corrected chi connectivity index (χ2v) is 21.3. The van der Waals surface area contributed by atoms with Gasteiger partial charge in [-0.2, -0.15) is 0 Å². The maximum Gasteiger partial charge on any atom is 0.306 e. The molecule has 0 heterocycles. The molecule has 0 spiro atoms. The van der Waals surface area contributed by atoms with E-state index in [1.54, 1.807) is 0 Å². The molecule has 1 unspecified atom stereocenters. The molecule has 0 aliphatic rings. The van der Waals surface area contributed by atoms with Crippen molar-refractivity contribution in [2.45, 2.75) is 309 Å². The normalized spacial score (nSPS) is 12.8. The Labute approximate surface area is 476 Å². The van der Waals surface area contributed by atoms with Crippen LogP contribution in [0.25, 0.3) is 0 Å². The van der Waals surface area contributed by atoms with Gasteiger partial charge in [0.2, 0.25) is 0 Å². The summed E-state index contributed by atoms with van der Waals surface area (Å²) in [7, 11) is 0. The summed E-state index contributed by atoms with van der Waals surface area (Å²) in [6.45, 7) is 6.36. The first-order chi connectivity index (χ1) is 38.0. The van der Waals surface area contributed by atoms with Crippen molar-refractivity contribution in [2.24, 2.45) is 0 Å². The van der Waals surface area contributed by atoms with Crippen LogP contribution in [0.15, 0.2) is 109 Å². The Balaban J connectivity index is 4.32. The number of hydrogen-bond acceptors (Lipinski definition) is 6. The SMILES string of the molecule is CC/C=C\C/C=C\C/C=C\C/C=C\CCCCCCCCC(=O)OC(COC(=O)CC/C=C\C/C=C\C/C=C\C/C=C\CC)COC(=O)CCCCCCCCCCCCCCCCC/C=C\CCCCCCCCCC. The molecule has 0 aromatic heterocycles. The second-order valence-electron chi connectivity index (χ2n) is 21.3. The van der Waals surface area contributed by atoms with Gasteiger partial charge in [-0.25, -0.2) is 0 Å². The van der Waals surface area contributed by atoms with Crippen LogP contribution in [0.5, 0.6) is 0 Å². The highest BCUT2D eigenvalue weighted by Crippen LogP contribution is 2.16. The van der Waals surface area contributed by atoms with Gasteiger partial charge in [-0.05, 0) is 109 Å². The lowest BCUT2D eigenvalue weighted by Gasteiger charge is -2.18. The van der Waals surface area contributed by atoms with Crippen molar-refractivity contribution in [1.29, 1.82) is 0 Å².